The molecule has 0 spiro atoms. The molecular formula is C14H26FNO3. The van der Waals surface area contributed by atoms with E-state index in [0.717, 1.165) is 0 Å². The summed E-state index contributed by atoms with van der Waals surface area (Å²) in [5.74, 6) is 0. The molecule has 1 aliphatic heterocycles. The molecule has 1 saturated heterocycles. The van der Waals surface area contributed by atoms with Gasteiger partial charge in [-0.15, -0.1) is 0 Å². The average molecular weight is 275 g/mol. The molecule has 0 aromatic carbocycles. The Kier molecular flexibility index (Phi) is 5.18. The molecule has 0 unspecified atom stereocenters. The van der Waals surface area contributed by atoms with E-state index < -0.39 is 11.3 Å². The van der Waals surface area contributed by atoms with Crippen LogP contribution in [0.2, 0.25) is 0 Å². The van der Waals surface area contributed by atoms with Gasteiger partial charge in [0.15, 0.2) is 0 Å². The van der Waals surface area contributed by atoms with Crippen molar-refractivity contribution in [2.24, 2.45) is 0 Å². The number of alkyl halides is 1. The van der Waals surface area contributed by atoms with Gasteiger partial charge in [0, 0.05) is 25.9 Å². The molecule has 0 radical (unpaired) electrons. The minimum atomic E-state index is -1.32. The van der Waals surface area contributed by atoms with Gasteiger partial charge in [-0.2, -0.15) is 0 Å². The monoisotopic (exact) mass is 275 g/mol. The minimum Gasteiger partial charge on any atom is -0.444 e. The summed E-state index contributed by atoms with van der Waals surface area (Å²) in [6.45, 7) is 10.1. The Labute approximate surface area is 115 Å². The third-order valence-corrected chi connectivity index (χ3v) is 2.99. The number of rotatable bonds is 3. The highest BCUT2D eigenvalue weighted by atomic mass is 19.1. The van der Waals surface area contributed by atoms with Gasteiger partial charge < -0.3 is 14.4 Å². The Morgan fingerprint density at radius 1 is 1.32 bits per heavy atom. The van der Waals surface area contributed by atoms with Crippen LogP contribution in [0.5, 0.6) is 0 Å². The van der Waals surface area contributed by atoms with E-state index in [1.165, 1.54) is 0 Å². The summed E-state index contributed by atoms with van der Waals surface area (Å²) < 4.78 is 25.0. The van der Waals surface area contributed by atoms with Gasteiger partial charge in [0.2, 0.25) is 0 Å². The predicted molar refractivity (Wildman–Crippen MR) is 72.0 cm³/mol. The molecule has 1 aliphatic rings. The van der Waals surface area contributed by atoms with E-state index in [1.807, 2.05) is 34.6 Å². The lowest BCUT2D eigenvalue weighted by Gasteiger charge is -2.37. The van der Waals surface area contributed by atoms with E-state index in [1.54, 1.807) is 4.90 Å². The Morgan fingerprint density at radius 3 is 2.26 bits per heavy atom. The van der Waals surface area contributed by atoms with Crippen molar-refractivity contribution in [1.82, 2.24) is 4.90 Å². The highest BCUT2D eigenvalue weighted by Gasteiger charge is 2.37. The second kappa shape index (κ2) is 6.07. The molecule has 0 aromatic heterocycles. The van der Waals surface area contributed by atoms with Crippen LogP contribution in [0.1, 0.15) is 47.5 Å². The van der Waals surface area contributed by atoms with Crippen molar-refractivity contribution in [1.29, 1.82) is 0 Å². The molecule has 0 atom stereocenters. The molecule has 0 saturated carbocycles. The maximum atomic E-state index is 14.4. The van der Waals surface area contributed by atoms with Crippen molar-refractivity contribution in [2.45, 2.75) is 64.8 Å². The third-order valence-electron chi connectivity index (χ3n) is 2.99. The molecule has 0 aromatic rings. The zero-order valence-electron chi connectivity index (χ0n) is 12.7. The van der Waals surface area contributed by atoms with E-state index in [0.29, 0.717) is 25.9 Å². The van der Waals surface area contributed by atoms with E-state index in [9.17, 15) is 9.18 Å². The highest BCUT2D eigenvalue weighted by Crippen LogP contribution is 2.28. The minimum absolute atomic E-state index is 0.0245. The molecule has 19 heavy (non-hydrogen) atoms. The van der Waals surface area contributed by atoms with Gasteiger partial charge >= 0.3 is 6.09 Å². The topological polar surface area (TPSA) is 38.8 Å². The molecular weight excluding hydrogens is 249 g/mol. The summed E-state index contributed by atoms with van der Waals surface area (Å²) in [6, 6.07) is 0. The SMILES string of the molecule is CC(C)OCC1(F)CCN(C(=O)OC(C)(C)C)CC1. The first kappa shape index (κ1) is 16.2. The fourth-order valence-electron chi connectivity index (χ4n) is 1.88. The Bertz CT molecular complexity index is 304. The largest absolute Gasteiger partial charge is 0.444 e. The first-order valence-corrected chi connectivity index (χ1v) is 6.90. The summed E-state index contributed by atoms with van der Waals surface area (Å²) in [4.78, 5) is 13.4. The maximum Gasteiger partial charge on any atom is 0.410 e. The maximum absolute atomic E-state index is 14.4. The van der Waals surface area contributed by atoms with Crippen LogP contribution in [-0.4, -0.2) is 48.1 Å². The van der Waals surface area contributed by atoms with Crippen LogP contribution < -0.4 is 0 Å². The van der Waals surface area contributed by atoms with Gasteiger partial charge in [0.1, 0.15) is 11.3 Å². The zero-order valence-corrected chi connectivity index (χ0v) is 12.7. The lowest BCUT2D eigenvalue weighted by atomic mass is 9.94. The molecule has 0 aliphatic carbocycles. The van der Waals surface area contributed by atoms with Gasteiger partial charge in [-0.05, 0) is 34.6 Å². The normalized spacial score (nSPS) is 19.6. The molecule has 4 nitrogen and oxygen atoms in total. The van der Waals surface area contributed by atoms with Crippen molar-refractivity contribution < 1.29 is 18.7 Å². The predicted octanol–water partition coefficient (Wildman–Crippen LogP) is 3.15. The van der Waals surface area contributed by atoms with Crippen LogP contribution >= 0.6 is 0 Å². The van der Waals surface area contributed by atoms with Crippen LogP contribution in [0, 0.1) is 0 Å². The lowest BCUT2D eigenvalue weighted by Crippen LogP contribution is -2.48. The van der Waals surface area contributed by atoms with E-state index in [4.69, 9.17) is 9.47 Å². The smallest absolute Gasteiger partial charge is 0.410 e. The number of hydrogen-bond donors (Lipinski definition) is 0. The van der Waals surface area contributed by atoms with Gasteiger partial charge in [0.25, 0.3) is 0 Å². The van der Waals surface area contributed by atoms with Crippen molar-refractivity contribution in [3.63, 3.8) is 0 Å². The Morgan fingerprint density at radius 2 is 1.84 bits per heavy atom. The number of hydrogen-bond acceptors (Lipinski definition) is 3. The van der Waals surface area contributed by atoms with Crippen molar-refractivity contribution in [2.75, 3.05) is 19.7 Å². The second-order valence-electron chi connectivity index (χ2n) is 6.48. The Balaban J connectivity index is 2.41. The summed E-state index contributed by atoms with van der Waals surface area (Å²) in [6.07, 6.45) is 0.272. The van der Waals surface area contributed by atoms with E-state index in [-0.39, 0.29) is 18.8 Å². The summed E-state index contributed by atoms with van der Waals surface area (Å²) in [5, 5.41) is 0. The van der Waals surface area contributed by atoms with Crippen LogP contribution in [0.25, 0.3) is 0 Å². The lowest BCUT2D eigenvalue weighted by molar-refractivity contribution is -0.0488. The number of halogens is 1. The molecule has 112 valence electrons. The first-order valence-electron chi connectivity index (χ1n) is 6.90. The molecule has 1 fully saturated rings. The number of carbonyl (C=O) groups is 1. The van der Waals surface area contributed by atoms with E-state index in [2.05, 4.69) is 0 Å². The summed E-state index contributed by atoms with van der Waals surface area (Å²) in [5.41, 5.74) is -1.83. The van der Waals surface area contributed by atoms with Crippen molar-refractivity contribution in [3.05, 3.63) is 0 Å². The van der Waals surface area contributed by atoms with Crippen LogP contribution in [0.15, 0.2) is 0 Å². The fourth-order valence-corrected chi connectivity index (χ4v) is 1.88. The van der Waals surface area contributed by atoms with Gasteiger partial charge in [-0.3, -0.25) is 0 Å². The van der Waals surface area contributed by atoms with Crippen molar-refractivity contribution >= 4 is 6.09 Å². The second-order valence-corrected chi connectivity index (χ2v) is 6.48. The van der Waals surface area contributed by atoms with Gasteiger partial charge in [0.05, 0.1) is 12.7 Å². The van der Waals surface area contributed by atoms with Gasteiger partial charge in [-0.1, -0.05) is 0 Å². The highest BCUT2D eigenvalue weighted by molar-refractivity contribution is 5.68. The van der Waals surface area contributed by atoms with Crippen molar-refractivity contribution in [3.8, 4) is 0 Å². The zero-order chi connectivity index (χ0) is 14.7. The summed E-state index contributed by atoms with van der Waals surface area (Å²) in [7, 11) is 0. The molecule has 1 amide bonds. The summed E-state index contributed by atoms with van der Waals surface area (Å²) >= 11 is 0. The standard InChI is InChI=1S/C14H26FNO3/c1-11(2)18-10-14(15)6-8-16(9-7-14)12(17)19-13(3,4)5/h11H,6-10H2,1-5H3. The number of amides is 1. The Hall–Kier alpha value is -0.840. The average Bonchev–Trinajstić information content (AvgIpc) is 2.25. The van der Waals surface area contributed by atoms with Crippen LogP contribution in [-0.2, 0) is 9.47 Å². The number of ether oxygens (including phenoxy) is 2. The molecule has 0 N–H and O–H groups in total. The molecule has 0 bridgehead atoms. The third kappa shape index (κ3) is 5.76. The quantitative estimate of drug-likeness (QED) is 0.794. The number of likely N-dealkylation sites (tertiary alicyclic amines) is 1. The van der Waals surface area contributed by atoms with E-state index >= 15 is 0 Å². The number of carbonyl (C=O) groups excluding carboxylic acids is 1. The van der Waals surface area contributed by atoms with Crippen LogP contribution in [0.4, 0.5) is 9.18 Å². The van der Waals surface area contributed by atoms with Crippen LogP contribution in [0.3, 0.4) is 0 Å². The molecule has 1 heterocycles. The van der Waals surface area contributed by atoms with Gasteiger partial charge in [-0.25, -0.2) is 9.18 Å². The number of nitrogens with zero attached hydrogens (tertiary/aromatic N) is 1. The first-order chi connectivity index (χ1) is 8.61. The molecule has 5 heteroatoms. The number of piperidine rings is 1. The fraction of sp³-hybridized carbons (Fsp3) is 0.929. The molecule has 1 rings (SSSR count).